The van der Waals surface area contributed by atoms with Crippen molar-refractivity contribution in [3.63, 3.8) is 0 Å². The van der Waals surface area contributed by atoms with Crippen molar-refractivity contribution in [3.05, 3.63) is 0 Å². The van der Waals surface area contributed by atoms with Crippen molar-refractivity contribution in [1.29, 1.82) is 0 Å². The largest absolute Gasteiger partial charge is 0.119 e. The Balaban J connectivity index is 2.65. The predicted octanol–water partition coefficient (Wildman–Crippen LogP) is 2.35. The lowest BCUT2D eigenvalue weighted by molar-refractivity contribution is 1.06. The topological polar surface area (TPSA) is 0 Å². The first-order valence-electron chi connectivity index (χ1n) is 4.91. The highest BCUT2D eigenvalue weighted by atomic mass is 13.7. The van der Waals surface area contributed by atoms with Crippen molar-refractivity contribution in [1.82, 2.24) is 0 Å². The van der Waals surface area contributed by atoms with Crippen molar-refractivity contribution >= 4 is 14.6 Å². The highest BCUT2D eigenvalue weighted by Gasteiger charge is 1.91. The van der Waals surface area contributed by atoms with E-state index < -0.39 is 0 Å². The van der Waals surface area contributed by atoms with Crippen LogP contribution in [0.1, 0.15) is 26.7 Å². The lowest BCUT2D eigenvalue weighted by Gasteiger charge is -1.94. The first-order chi connectivity index (χ1) is 4.91. The van der Waals surface area contributed by atoms with Gasteiger partial charge in [0.2, 0.25) is 0 Å². The second-order valence-electron chi connectivity index (χ2n) is 3.12. The van der Waals surface area contributed by atoms with Gasteiger partial charge in [0.25, 0.3) is 0 Å². The zero-order chi connectivity index (χ0) is 7.66. The Labute approximate surface area is 67.3 Å². The highest BCUT2D eigenvalue weighted by molar-refractivity contribution is 6.41. The molecule has 58 valence electrons. The summed E-state index contributed by atoms with van der Waals surface area (Å²) in [5, 5.41) is 0. The molecule has 0 amide bonds. The monoisotopic (exact) mass is 138 g/mol. The maximum Gasteiger partial charge on any atom is 0.119 e. The smallest absolute Gasteiger partial charge is 0.0842 e. The van der Waals surface area contributed by atoms with Gasteiger partial charge in [0.05, 0.1) is 0 Å². The van der Waals surface area contributed by atoms with Crippen LogP contribution in [0.4, 0.5) is 0 Å². The molecule has 0 bridgehead atoms. The first kappa shape index (κ1) is 10.1. The molecule has 0 aliphatic carbocycles. The van der Waals surface area contributed by atoms with E-state index in [1.54, 1.807) is 0 Å². The van der Waals surface area contributed by atoms with Crippen LogP contribution in [-0.2, 0) is 0 Å². The number of hydrogen-bond acceptors (Lipinski definition) is 0. The lowest BCUT2D eigenvalue weighted by Crippen LogP contribution is -1.92. The van der Waals surface area contributed by atoms with E-state index >= 15 is 0 Å². The third-order valence-corrected chi connectivity index (χ3v) is 1.96. The summed E-state index contributed by atoms with van der Waals surface area (Å²) in [6.45, 7) is 4.54. The fourth-order valence-corrected chi connectivity index (χ4v) is 1.21. The van der Waals surface area contributed by atoms with E-state index in [0.717, 1.165) is 0 Å². The minimum atomic E-state index is 1.37. The lowest BCUT2D eigenvalue weighted by atomic mass is 9.59. The molecule has 2 heteroatoms. The normalized spacial score (nSPS) is 9.40. The number of hydrogen-bond donors (Lipinski definition) is 0. The minimum absolute atomic E-state index is 1.37. The fourth-order valence-electron chi connectivity index (χ4n) is 1.21. The van der Waals surface area contributed by atoms with Gasteiger partial charge >= 0.3 is 0 Å². The molecule has 0 radical (unpaired) electrons. The highest BCUT2D eigenvalue weighted by Crippen LogP contribution is 1.98. The molecule has 0 saturated heterocycles. The Morgan fingerprint density at radius 2 is 1.10 bits per heavy atom. The summed E-state index contributed by atoms with van der Waals surface area (Å²) in [4.78, 5) is 0. The molecule has 0 aromatic heterocycles. The average Bonchev–Trinajstić information content (AvgIpc) is 1.97. The molecule has 10 heavy (non-hydrogen) atoms. The van der Waals surface area contributed by atoms with Crippen LogP contribution in [-0.4, -0.2) is 14.6 Å². The Kier molecular flexibility index (Phi) is 9.25. The van der Waals surface area contributed by atoms with Crippen molar-refractivity contribution in [2.45, 2.75) is 52.0 Å². The van der Waals surface area contributed by atoms with Gasteiger partial charge in [0, 0.05) is 0 Å². The van der Waals surface area contributed by atoms with Crippen molar-refractivity contribution in [3.8, 4) is 0 Å². The van der Waals surface area contributed by atoms with E-state index in [4.69, 9.17) is 0 Å². The SMILES string of the molecule is CCCBCCBCCC. The van der Waals surface area contributed by atoms with E-state index in [9.17, 15) is 0 Å². The van der Waals surface area contributed by atoms with E-state index in [1.807, 2.05) is 0 Å². The summed E-state index contributed by atoms with van der Waals surface area (Å²) in [6.07, 6.45) is 8.54. The molecule has 0 saturated carbocycles. The molecule has 0 atom stereocenters. The quantitative estimate of drug-likeness (QED) is 0.374. The van der Waals surface area contributed by atoms with Gasteiger partial charge in [-0.2, -0.15) is 0 Å². The Morgan fingerprint density at radius 3 is 1.40 bits per heavy atom. The van der Waals surface area contributed by atoms with Crippen LogP contribution in [0.5, 0.6) is 0 Å². The van der Waals surface area contributed by atoms with E-state index in [-0.39, 0.29) is 0 Å². The molecule has 0 N–H and O–H groups in total. The summed E-state index contributed by atoms with van der Waals surface area (Å²) in [5.74, 6) is 0. The van der Waals surface area contributed by atoms with Crippen molar-refractivity contribution in [2.24, 2.45) is 0 Å². The third-order valence-electron chi connectivity index (χ3n) is 1.96. The second-order valence-corrected chi connectivity index (χ2v) is 3.12. The zero-order valence-electron chi connectivity index (χ0n) is 7.66. The summed E-state index contributed by atoms with van der Waals surface area (Å²) >= 11 is 0. The van der Waals surface area contributed by atoms with E-state index in [2.05, 4.69) is 13.8 Å². The summed E-state index contributed by atoms with van der Waals surface area (Å²) in [7, 11) is 2.92. The van der Waals surface area contributed by atoms with Crippen molar-refractivity contribution in [2.75, 3.05) is 0 Å². The Hall–Kier alpha value is 0.130. The first-order valence-corrected chi connectivity index (χ1v) is 4.91. The minimum Gasteiger partial charge on any atom is -0.0842 e. The summed E-state index contributed by atoms with van der Waals surface area (Å²) in [5.41, 5.74) is 0. The maximum absolute atomic E-state index is 2.27. The van der Waals surface area contributed by atoms with Crippen molar-refractivity contribution < 1.29 is 0 Å². The molecule has 0 aromatic carbocycles. The van der Waals surface area contributed by atoms with Crippen LogP contribution in [0.15, 0.2) is 0 Å². The third kappa shape index (κ3) is 8.13. The summed E-state index contributed by atoms with van der Waals surface area (Å²) in [6, 6.07) is 0. The van der Waals surface area contributed by atoms with Gasteiger partial charge in [0.15, 0.2) is 0 Å². The molecular weight excluding hydrogens is 118 g/mol. The van der Waals surface area contributed by atoms with Gasteiger partial charge < -0.3 is 0 Å². The molecule has 0 rings (SSSR count). The Morgan fingerprint density at radius 1 is 0.700 bits per heavy atom. The molecule has 0 aliphatic heterocycles. The standard InChI is InChI=1S/C8H20B2/c1-3-5-9-7-8-10-6-4-2/h9-10H,3-8H2,1-2H3. The van der Waals surface area contributed by atoms with E-state index in [0.29, 0.717) is 0 Å². The van der Waals surface area contributed by atoms with Crippen LogP contribution in [0.3, 0.4) is 0 Å². The van der Waals surface area contributed by atoms with Gasteiger partial charge in [-0.1, -0.05) is 52.0 Å². The average molecular weight is 138 g/mol. The fraction of sp³-hybridized carbons (Fsp3) is 1.00. The molecule has 0 unspecified atom stereocenters. The van der Waals surface area contributed by atoms with Gasteiger partial charge in [-0.15, -0.1) is 0 Å². The predicted molar refractivity (Wildman–Crippen MR) is 54.1 cm³/mol. The molecule has 0 spiro atoms. The molecule has 0 nitrogen and oxygen atoms in total. The second kappa shape index (κ2) is 9.13. The number of rotatable bonds is 7. The van der Waals surface area contributed by atoms with Crippen LogP contribution >= 0.6 is 0 Å². The van der Waals surface area contributed by atoms with Gasteiger partial charge in [-0.3, -0.25) is 0 Å². The molecule has 0 aromatic rings. The van der Waals surface area contributed by atoms with Gasteiger partial charge in [-0.25, -0.2) is 0 Å². The van der Waals surface area contributed by atoms with Crippen LogP contribution in [0.2, 0.25) is 25.3 Å². The van der Waals surface area contributed by atoms with Crippen LogP contribution in [0, 0.1) is 0 Å². The summed E-state index contributed by atoms with van der Waals surface area (Å²) < 4.78 is 0. The molecular formula is C8H20B2. The van der Waals surface area contributed by atoms with Crippen LogP contribution < -0.4 is 0 Å². The molecule has 0 fully saturated rings. The zero-order valence-corrected chi connectivity index (χ0v) is 7.66. The molecule has 0 aliphatic rings. The van der Waals surface area contributed by atoms with Crippen LogP contribution in [0.25, 0.3) is 0 Å². The Bertz CT molecular complexity index is 47.2. The maximum atomic E-state index is 2.27. The van der Waals surface area contributed by atoms with Gasteiger partial charge in [0.1, 0.15) is 14.6 Å². The van der Waals surface area contributed by atoms with E-state index in [1.165, 1.54) is 52.7 Å². The van der Waals surface area contributed by atoms with Gasteiger partial charge in [-0.05, 0) is 0 Å². The molecule has 0 heterocycles.